The van der Waals surface area contributed by atoms with E-state index in [2.05, 4.69) is 170 Å². The second kappa shape index (κ2) is 13.1. The van der Waals surface area contributed by atoms with Crippen LogP contribution in [-0.2, 0) is 0 Å². The Kier molecular flexibility index (Phi) is 7.71. The van der Waals surface area contributed by atoms with Crippen molar-refractivity contribution in [3.8, 4) is 67.3 Å². The van der Waals surface area contributed by atoms with Crippen LogP contribution < -0.4 is 0 Å². The third-order valence-corrected chi connectivity index (χ3v) is 11.2. The predicted octanol–water partition coefficient (Wildman–Crippen LogP) is 14.0. The molecule has 2 nitrogen and oxygen atoms in total. The van der Waals surface area contributed by atoms with E-state index in [0.29, 0.717) is 5.82 Å². The molecule has 0 saturated carbocycles. The first-order valence-corrected chi connectivity index (χ1v) is 18.7. The summed E-state index contributed by atoms with van der Waals surface area (Å²) < 4.78 is 2.60. The maximum Gasteiger partial charge on any atom is 0.160 e. The van der Waals surface area contributed by atoms with E-state index >= 15 is 0 Å². The van der Waals surface area contributed by atoms with Crippen LogP contribution in [0.3, 0.4) is 0 Å². The minimum atomic E-state index is 0.707. The fourth-order valence-corrected chi connectivity index (χ4v) is 8.42. The van der Waals surface area contributed by atoms with E-state index in [4.69, 9.17) is 9.97 Å². The highest BCUT2D eigenvalue weighted by atomic mass is 32.1. The van der Waals surface area contributed by atoms with Crippen LogP contribution in [0.15, 0.2) is 194 Å². The molecule has 0 bridgehead atoms. The average Bonchev–Trinajstić information content (AvgIpc) is 3.62. The smallest absolute Gasteiger partial charge is 0.160 e. The lowest BCUT2D eigenvalue weighted by atomic mass is 9.92. The Morgan fingerprint density at radius 2 is 0.811 bits per heavy atom. The molecule has 3 heteroatoms. The molecule has 0 atom stereocenters. The molecule has 8 aromatic carbocycles. The summed E-state index contributed by atoms with van der Waals surface area (Å²) in [4.78, 5) is 10.3. The van der Waals surface area contributed by atoms with Gasteiger partial charge in [0, 0.05) is 36.9 Å². The van der Waals surface area contributed by atoms with E-state index in [1.54, 1.807) is 0 Å². The van der Waals surface area contributed by atoms with Crippen molar-refractivity contribution in [1.82, 2.24) is 9.97 Å². The second-order valence-corrected chi connectivity index (χ2v) is 14.5. The van der Waals surface area contributed by atoms with Crippen molar-refractivity contribution in [2.24, 2.45) is 0 Å². The summed E-state index contributed by atoms with van der Waals surface area (Å²) in [5.74, 6) is 0.707. The topological polar surface area (TPSA) is 25.8 Å². The maximum atomic E-state index is 5.24. The summed E-state index contributed by atoms with van der Waals surface area (Å²) in [6, 6.07) is 69.4. The van der Waals surface area contributed by atoms with Crippen LogP contribution in [0.25, 0.3) is 98.2 Å². The van der Waals surface area contributed by atoms with Crippen molar-refractivity contribution in [3.05, 3.63) is 194 Å². The quantitative estimate of drug-likeness (QED) is 0.173. The molecule has 0 aliphatic heterocycles. The van der Waals surface area contributed by atoms with Crippen molar-refractivity contribution in [2.45, 2.75) is 0 Å². The van der Waals surface area contributed by atoms with Gasteiger partial charge in [-0.05, 0) is 98.8 Å². The molecule has 0 radical (unpaired) electrons. The molecule has 0 N–H and O–H groups in total. The first kappa shape index (κ1) is 31.1. The van der Waals surface area contributed by atoms with Crippen molar-refractivity contribution in [3.63, 3.8) is 0 Å². The Morgan fingerprint density at radius 1 is 0.283 bits per heavy atom. The molecule has 2 heterocycles. The van der Waals surface area contributed by atoms with Gasteiger partial charge in [-0.3, -0.25) is 0 Å². The molecular weight excluding hydrogens is 661 g/mol. The fraction of sp³-hybridized carbons (Fsp3) is 0. The Morgan fingerprint density at radius 3 is 1.60 bits per heavy atom. The van der Waals surface area contributed by atoms with Crippen molar-refractivity contribution in [2.75, 3.05) is 0 Å². The van der Waals surface area contributed by atoms with Gasteiger partial charge in [0.2, 0.25) is 0 Å². The summed E-state index contributed by atoms with van der Waals surface area (Å²) in [5.41, 5.74) is 11.9. The van der Waals surface area contributed by atoms with Crippen LogP contribution in [0, 0.1) is 0 Å². The molecule has 0 aliphatic carbocycles. The highest BCUT2D eigenvalue weighted by Gasteiger charge is 2.15. The first-order valence-electron chi connectivity index (χ1n) is 17.9. The van der Waals surface area contributed by atoms with Crippen LogP contribution in [0.1, 0.15) is 0 Å². The molecule has 0 unspecified atom stereocenters. The number of hydrogen-bond acceptors (Lipinski definition) is 3. The van der Waals surface area contributed by atoms with Crippen LogP contribution in [0.4, 0.5) is 0 Å². The summed E-state index contributed by atoms with van der Waals surface area (Å²) in [6.45, 7) is 0. The minimum absolute atomic E-state index is 0.707. The lowest BCUT2D eigenvalue weighted by Gasteiger charge is -2.14. The number of rotatable bonds is 6. The van der Waals surface area contributed by atoms with Gasteiger partial charge in [0.1, 0.15) is 0 Å². The molecular formula is C50H32N2S. The first-order chi connectivity index (χ1) is 26.2. The van der Waals surface area contributed by atoms with Gasteiger partial charge in [0.25, 0.3) is 0 Å². The van der Waals surface area contributed by atoms with Crippen LogP contribution in [0.5, 0.6) is 0 Å². The molecule has 0 aliphatic rings. The van der Waals surface area contributed by atoms with E-state index in [1.165, 1.54) is 47.6 Å². The molecule has 2 aromatic heterocycles. The van der Waals surface area contributed by atoms with Gasteiger partial charge in [-0.25, -0.2) is 9.97 Å². The van der Waals surface area contributed by atoms with Gasteiger partial charge in [-0.2, -0.15) is 0 Å². The predicted molar refractivity (Wildman–Crippen MR) is 225 cm³/mol. The summed E-state index contributed by atoms with van der Waals surface area (Å²) in [6.07, 6.45) is 0. The van der Waals surface area contributed by atoms with Gasteiger partial charge >= 0.3 is 0 Å². The molecule has 0 saturated heterocycles. The Labute approximate surface area is 312 Å². The SMILES string of the molecule is c1ccc(-c2cc(-c3cc(-c4cccc(-c5ccc6ccccc6c5)c4)cc(-c4ccc5sc6ccccc6c5c4)c3)nc(-c3ccccc3)n2)cc1. The number of fused-ring (bicyclic) bond motifs is 4. The van der Waals surface area contributed by atoms with Gasteiger partial charge in [0.05, 0.1) is 11.4 Å². The highest BCUT2D eigenvalue weighted by Crippen LogP contribution is 2.40. The summed E-state index contributed by atoms with van der Waals surface area (Å²) in [7, 11) is 0. The second-order valence-electron chi connectivity index (χ2n) is 13.4. The van der Waals surface area contributed by atoms with Crippen LogP contribution >= 0.6 is 11.3 Å². The highest BCUT2D eigenvalue weighted by molar-refractivity contribution is 7.25. The molecule has 0 fully saturated rings. The number of aromatic nitrogens is 2. The standard InChI is InChI=1S/C50H32N2S/c1-3-13-34(14-4-1)46-32-47(52-50(51-46)35-15-5-2-6-16-35)43-29-41(38-19-11-18-37(27-38)39-23-22-33-12-7-8-17-36(33)26-39)28-42(30-43)40-24-25-49-45(31-40)44-20-9-10-21-48(44)53-49/h1-32H. The lowest BCUT2D eigenvalue weighted by molar-refractivity contribution is 1.18. The zero-order valence-corrected chi connectivity index (χ0v) is 29.6. The van der Waals surface area contributed by atoms with Crippen molar-refractivity contribution < 1.29 is 0 Å². The minimum Gasteiger partial charge on any atom is -0.228 e. The van der Waals surface area contributed by atoms with E-state index in [0.717, 1.165) is 44.8 Å². The normalized spacial score (nSPS) is 11.4. The van der Waals surface area contributed by atoms with E-state index in [1.807, 2.05) is 35.6 Å². The maximum absolute atomic E-state index is 5.24. The third-order valence-electron chi connectivity index (χ3n) is 10.0. The Bertz CT molecular complexity index is 2890. The van der Waals surface area contributed by atoms with E-state index < -0.39 is 0 Å². The van der Waals surface area contributed by atoms with Gasteiger partial charge in [0.15, 0.2) is 5.82 Å². The number of nitrogens with zero attached hydrogens (tertiary/aromatic N) is 2. The van der Waals surface area contributed by atoms with E-state index in [-0.39, 0.29) is 0 Å². The van der Waals surface area contributed by atoms with Crippen molar-refractivity contribution in [1.29, 1.82) is 0 Å². The zero-order valence-electron chi connectivity index (χ0n) is 28.8. The van der Waals surface area contributed by atoms with Gasteiger partial charge in [-0.15, -0.1) is 11.3 Å². The lowest BCUT2D eigenvalue weighted by Crippen LogP contribution is -1.96. The summed E-state index contributed by atoms with van der Waals surface area (Å²) in [5, 5.41) is 5.07. The Hall–Kier alpha value is -6.68. The molecule has 53 heavy (non-hydrogen) atoms. The fourth-order valence-electron chi connectivity index (χ4n) is 7.33. The Balaban J connectivity index is 1.18. The third kappa shape index (κ3) is 5.97. The monoisotopic (exact) mass is 692 g/mol. The number of hydrogen-bond donors (Lipinski definition) is 0. The summed E-state index contributed by atoms with van der Waals surface area (Å²) >= 11 is 1.85. The molecule has 10 rings (SSSR count). The molecule has 0 spiro atoms. The largest absolute Gasteiger partial charge is 0.228 e. The zero-order chi connectivity index (χ0) is 35.1. The number of benzene rings is 8. The number of thiophene rings is 1. The molecule has 248 valence electrons. The van der Waals surface area contributed by atoms with Gasteiger partial charge in [-0.1, -0.05) is 140 Å². The van der Waals surface area contributed by atoms with Crippen molar-refractivity contribution >= 4 is 42.3 Å². The molecule has 10 aromatic rings. The van der Waals surface area contributed by atoms with Crippen LogP contribution in [0.2, 0.25) is 0 Å². The molecule has 0 amide bonds. The average molecular weight is 693 g/mol. The van der Waals surface area contributed by atoms with E-state index in [9.17, 15) is 0 Å². The van der Waals surface area contributed by atoms with Crippen LogP contribution in [-0.4, -0.2) is 9.97 Å². The van der Waals surface area contributed by atoms with Gasteiger partial charge < -0.3 is 0 Å².